The number of rotatable bonds is 3. The molecule has 0 saturated carbocycles. The van der Waals surface area contributed by atoms with E-state index in [-0.39, 0.29) is 5.56 Å². The molecule has 0 unspecified atom stereocenters. The number of carboxylic acid groups (broad SMARTS) is 1. The molecule has 0 aliphatic rings. The molecule has 0 aliphatic carbocycles. The molecule has 3 heterocycles. The molecule has 90 valence electrons. The van der Waals surface area contributed by atoms with Gasteiger partial charge in [0.2, 0.25) is 0 Å². The lowest BCUT2D eigenvalue weighted by Crippen LogP contribution is -2.01. The van der Waals surface area contributed by atoms with Gasteiger partial charge in [-0.3, -0.25) is 0 Å². The van der Waals surface area contributed by atoms with Crippen LogP contribution in [0.15, 0.2) is 47.3 Å². The van der Waals surface area contributed by atoms with Crippen LogP contribution in [0.2, 0.25) is 0 Å². The fourth-order valence-corrected chi connectivity index (χ4v) is 1.87. The first-order chi connectivity index (χ1) is 8.74. The van der Waals surface area contributed by atoms with Crippen molar-refractivity contribution in [1.82, 2.24) is 9.38 Å². The summed E-state index contributed by atoms with van der Waals surface area (Å²) in [5, 5.41) is 8.98. The molecule has 0 bridgehead atoms. The van der Waals surface area contributed by atoms with Crippen LogP contribution in [0.4, 0.5) is 0 Å². The number of hydrogen-bond acceptors (Lipinski definition) is 3. The van der Waals surface area contributed by atoms with E-state index >= 15 is 0 Å². The summed E-state index contributed by atoms with van der Waals surface area (Å²) in [5.41, 5.74) is 1.10. The summed E-state index contributed by atoms with van der Waals surface area (Å²) in [4.78, 5) is 15.2. The van der Waals surface area contributed by atoms with Crippen LogP contribution in [0.25, 0.3) is 5.52 Å². The smallest absolute Gasteiger partial charge is 0.337 e. The maximum absolute atomic E-state index is 10.9. The second-order valence-corrected chi connectivity index (χ2v) is 3.95. The Kier molecular flexibility index (Phi) is 2.37. The van der Waals surface area contributed by atoms with Gasteiger partial charge in [-0.25, -0.2) is 9.78 Å². The van der Waals surface area contributed by atoms with Gasteiger partial charge in [0.25, 0.3) is 0 Å². The summed E-state index contributed by atoms with van der Waals surface area (Å²) in [6.07, 6.45) is 5.42. The maximum Gasteiger partial charge on any atom is 0.337 e. The minimum Gasteiger partial charge on any atom is -0.478 e. The first-order valence-corrected chi connectivity index (χ1v) is 5.46. The first-order valence-electron chi connectivity index (χ1n) is 5.46. The number of hydrogen-bond donors (Lipinski definition) is 1. The molecule has 0 saturated heterocycles. The van der Waals surface area contributed by atoms with Crippen molar-refractivity contribution in [2.45, 2.75) is 6.42 Å². The molecule has 0 atom stereocenters. The van der Waals surface area contributed by atoms with Crippen molar-refractivity contribution in [3.8, 4) is 0 Å². The Hall–Kier alpha value is -2.56. The topological polar surface area (TPSA) is 67.7 Å². The molecule has 3 aromatic heterocycles. The van der Waals surface area contributed by atoms with E-state index < -0.39 is 5.97 Å². The summed E-state index contributed by atoms with van der Waals surface area (Å²) >= 11 is 0. The van der Waals surface area contributed by atoms with Crippen molar-refractivity contribution in [2.75, 3.05) is 0 Å². The summed E-state index contributed by atoms with van der Waals surface area (Å²) in [6.45, 7) is 0. The fourth-order valence-electron chi connectivity index (χ4n) is 1.87. The largest absolute Gasteiger partial charge is 0.478 e. The molecule has 0 spiro atoms. The van der Waals surface area contributed by atoms with Gasteiger partial charge in [-0.15, -0.1) is 0 Å². The van der Waals surface area contributed by atoms with E-state index in [1.54, 1.807) is 35.2 Å². The van der Waals surface area contributed by atoms with E-state index in [1.165, 1.54) is 0 Å². The van der Waals surface area contributed by atoms with Gasteiger partial charge in [-0.2, -0.15) is 0 Å². The Morgan fingerprint density at radius 2 is 2.28 bits per heavy atom. The lowest BCUT2D eigenvalue weighted by Gasteiger charge is -2.01. The first kappa shape index (κ1) is 10.6. The number of nitrogens with zero attached hydrogens (tertiary/aromatic N) is 2. The maximum atomic E-state index is 10.9. The second-order valence-electron chi connectivity index (χ2n) is 3.95. The highest BCUT2D eigenvalue weighted by atomic mass is 16.4. The van der Waals surface area contributed by atoms with Gasteiger partial charge in [0, 0.05) is 6.20 Å². The monoisotopic (exact) mass is 242 g/mol. The molecule has 0 amide bonds. The molecule has 5 heteroatoms. The summed E-state index contributed by atoms with van der Waals surface area (Å²) in [5.74, 6) is 0.598. The molecule has 0 aromatic carbocycles. The molecule has 0 aliphatic heterocycles. The molecule has 3 rings (SSSR count). The van der Waals surface area contributed by atoms with Crippen molar-refractivity contribution in [2.24, 2.45) is 0 Å². The molecule has 0 fully saturated rings. The van der Waals surface area contributed by atoms with E-state index in [2.05, 4.69) is 4.98 Å². The van der Waals surface area contributed by atoms with Gasteiger partial charge in [-0.1, -0.05) is 0 Å². The predicted molar refractivity (Wildman–Crippen MR) is 63.7 cm³/mol. The van der Waals surface area contributed by atoms with Crippen molar-refractivity contribution in [3.05, 3.63) is 60.1 Å². The van der Waals surface area contributed by atoms with Crippen LogP contribution in [0.3, 0.4) is 0 Å². The number of imidazole rings is 1. The Morgan fingerprint density at radius 1 is 1.39 bits per heavy atom. The number of pyridine rings is 1. The van der Waals surface area contributed by atoms with Gasteiger partial charge in [-0.05, 0) is 24.3 Å². The van der Waals surface area contributed by atoms with Crippen LogP contribution >= 0.6 is 0 Å². The second kappa shape index (κ2) is 4.03. The normalized spacial score (nSPS) is 10.9. The van der Waals surface area contributed by atoms with Gasteiger partial charge >= 0.3 is 5.97 Å². The van der Waals surface area contributed by atoms with Crippen LogP contribution in [0.5, 0.6) is 0 Å². The summed E-state index contributed by atoms with van der Waals surface area (Å²) < 4.78 is 7.03. The van der Waals surface area contributed by atoms with E-state index in [0.29, 0.717) is 6.42 Å². The number of fused-ring (bicyclic) bond motifs is 1. The lowest BCUT2D eigenvalue weighted by molar-refractivity contribution is 0.0696. The van der Waals surface area contributed by atoms with Gasteiger partial charge < -0.3 is 13.9 Å². The fraction of sp³-hybridized carbons (Fsp3) is 0.0769. The Balaban J connectivity index is 2.06. The van der Waals surface area contributed by atoms with Crippen molar-refractivity contribution in [1.29, 1.82) is 0 Å². The van der Waals surface area contributed by atoms with E-state index in [4.69, 9.17) is 9.52 Å². The average Bonchev–Trinajstić information content (AvgIpc) is 2.99. The molecule has 1 N–H and O–H groups in total. The van der Waals surface area contributed by atoms with Crippen molar-refractivity contribution >= 4 is 11.5 Å². The number of furan rings is 1. The third-order valence-corrected chi connectivity index (χ3v) is 2.76. The van der Waals surface area contributed by atoms with Crippen LogP contribution in [-0.4, -0.2) is 20.5 Å². The zero-order valence-electron chi connectivity index (χ0n) is 9.41. The number of carbonyl (C=O) groups is 1. The zero-order valence-corrected chi connectivity index (χ0v) is 9.41. The van der Waals surface area contributed by atoms with Crippen LogP contribution < -0.4 is 0 Å². The molecule has 3 aromatic rings. The molecule has 5 nitrogen and oxygen atoms in total. The lowest BCUT2D eigenvalue weighted by atomic mass is 10.2. The minimum atomic E-state index is -0.949. The SMILES string of the molecule is O=C(O)c1ccc2cnc(Cc3ccco3)n2c1. The number of aromatic nitrogens is 2. The van der Waals surface area contributed by atoms with Crippen LogP contribution in [-0.2, 0) is 6.42 Å². The average molecular weight is 242 g/mol. The molecule has 0 radical (unpaired) electrons. The Morgan fingerprint density at radius 3 is 3.00 bits per heavy atom. The molecule has 18 heavy (non-hydrogen) atoms. The standard InChI is InChI=1S/C13H10N2O3/c16-13(17)9-3-4-10-7-14-12(15(10)8-9)6-11-2-1-5-18-11/h1-5,7-8H,6H2,(H,16,17). The van der Waals surface area contributed by atoms with Crippen LogP contribution in [0.1, 0.15) is 21.9 Å². The van der Waals surface area contributed by atoms with Crippen molar-refractivity contribution < 1.29 is 14.3 Å². The highest BCUT2D eigenvalue weighted by molar-refractivity contribution is 5.87. The highest BCUT2D eigenvalue weighted by Gasteiger charge is 2.09. The summed E-state index contributed by atoms with van der Waals surface area (Å²) in [7, 11) is 0. The number of aromatic carboxylic acids is 1. The zero-order chi connectivity index (χ0) is 12.5. The molecular formula is C13H10N2O3. The third-order valence-electron chi connectivity index (χ3n) is 2.76. The van der Waals surface area contributed by atoms with E-state index in [1.807, 2.05) is 12.1 Å². The van der Waals surface area contributed by atoms with Crippen molar-refractivity contribution in [3.63, 3.8) is 0 Å². The highest BCUT2D eigenvalue weighted by Crippen LogP contribution is 2.13. The minimum absolute atomic E-state index is 0.237. The van der Waals surface area contributed by atoms with Crippen LogP contribution in [0, 0.1) is 0 Å². The van der Waals surface area contributed by atoms with E-state index in [9.17, 15) is 4.79 Å². The van der Waals surface area contributed by atoms with Gasteiger partial charge in [0.15, 0.2) is 0 Å². The Labute approximate surface area is 102 Å². The van der Waals surface area contributed by atoms with Gasteiger partial charge in [0.05, 0.1) is 30.0 Å². The number of carboxylic acids is 1. The Bertz CT molecular complexity index is 698. The quantitative estimate of drug-likeness (QED) is 0.764. The third kappa shape index (κ3) is 1.75. The predicted octanol–water partition coefficient (Wildman–Crippen LogP) is 2.22. The summed E-state index contributed by atoms with van der Waals surface area (Å²) in [6, 6.07) is 6.98. The molecular weight excluding hydrogens is 232 g/mol. The van der Waals surface area contributed by atoms with Gasteiger partial charge in [0.1, 0.15) is 11.6 Å². The van der Waals surface area contributed by atoms with E-state index in [0.717, 1.165) is 17.1 Å².